The molecule has 0 saturated heterocycles. The third kappa shape index (κ3) is 2.39. The van der Waals surface area contributed by atoms with Gasteiger partial charge in [0.15, 0.2) is 5.43 Å². The lowest BCUT2D eigenvalue weighted by Crippen LogP contribution is -2.03. The smallest absolute Gasteiger partial charge is 0.195 e. The molecule has 0 spiro atoms. The standard InChI is InChI=1S/C17H12N2OS/c1-2-7-19-12-4-6-15-14(9-12)17(20)13-5-3-11(10-18)8-16(13)21-15/h2-6,8-9,19H,1,7H2. The van der Waals surface area contributed by atoms with E-state index in [1.165, 1.54) is 11.3 Å². The Bertz CT molecular complexity index is 951. The van der Waals surface area contributed by atoms with Crippen molar-refractivity contribution < 1.29 is 0 Å². The van der Waals surface area contributed by atoms with Gasteiger partial charge in [-0.15, -0.1) is 17.9 Å². The highest BCUT2D eigenvalue weighted by Gasteiger charge is 2.07. The first kappa shape index (κ1) is 13.3. The zero-order valence-electron chi connectivity index (χ0n) is 11.2. The predicted octanol–water partition coefficient (Wildman–Crippen LogP) is 3.88. The molecular weight excluding hydrogens is 280 g/mol. The van der Waals surface area contributed by atoms with Gasteiger partial charge in [0.05, 0.1) is 11.6 Å². The van der Waals surface area contributed by atoms with Crippen molar-refractivity contribution >= 4 is 37.2 Å². The molecule has 3 nitrogen and oxygen atoms in total. The van der Waals surface area contributed by atoms with Gasteiger partial charge in [-0.2, -0.15) is 5.26 Å². The first-order chi connectivity index (χ1) is 10.2. The van der Waals surface area contributed by atoms with E-state index in [0.29, 0.717) is 22.9 Å². The molecule has 102 valence electrons. The second-order valence-electron chi connectivity index (χ2n) is 4.63. The molecule has 0 aliphatic heterocycles. The minimum Gasteiger partial charge on any atom is -0.382 e. The van der Waals surface area contributed by atoms with Crippen LogP contribution in [0.2, 0.25) is 0 Å². The summed E-state index contributed by atoms with van der Waals surface area (Å²) in [5, 5.41) is 13.5. The van der Waals surface area contributed by atoms with Crippen molar-refractivity contribution in [3.63, 3.8) is 0 Å². The minimum atomic E-state index is 0.00509. The van der Waals surface area contributed by atoms with E-state index in [0.717, 1.165) is 15.1 Å². The van der Waals surface area contributed by atoms with E-state index in [1.807, 2.05) is 18.2 Å². The zero-order chi connectivity index (χ0) is 14.8. The second-order valence-corrected chi connectivity index (χ2v) is 5.72. The molecular formula is C17H12N2OS. The highest BCUT2D eigenvalue weighted by Crippen LogP contribution is 2.27. The molecule has 0 aliphatic carbocycles. The van der Waals surface area contributed by atoms with E-state index in [9.17, 15) is 4.79 Å². The fourth-order valence-corrected chi connectivity index (χ4v) is 3.32. The number of fused-ring (bicyclic) bond motifs is 2. The van der Waals surface area contributed by atoms with Crippen molar-refractivity contribution in [2.45, 2.75) is 0 Å². The van der Waals surface area contributed by atoms with Crippen LogP contribution in [0.1, 0.15) is 5.56 Å². The first-order valence-corrected chi connectivity index (χ1v) is 7.30. The Kier molecular flexibility index (Phi) is 3.43. The molecule has 4 heteroatoms. The van der Waals surface area contributed by atoms with Crippen LogP contribution in [0.15, 0.2) is 53.8 Å². The van der Waals surface area contributed by atoms with Gasteiger partial charge in [-0.1, -0.05) is 6.08 Å². The normalized spacial score (nSPS) is 10.4. The monoisotopic (exact) mass is 292 g/mol. The van der Waals surface area contributed by atoms with Crippen LogP contribution < -0.4 is 10.7 Å². The summed E-state index contributed by atoms with van der Waals surface area (Å²) in [7, 11) is 0. The Morgan fingerprint density at radius 3 is 2.81 bits per heavy atom. The lowest BCUT2D eigenvalue weighted by Gasteiger charge is -2.06. The maximum atomic E-state index is 12.6. The number of benzene rings is 2. The Morgan fingerprint density at radius 1 is 1.19 bits per heavy atom. The summed E-state index contributed by atoms with van der Waals surface area (Å²) in [6, 6.07) is 13.0. The van der Waals surface area contributed by atoms with Crippen LogP contribution in [0.4, 0.5) is 5.69 Å². The maximum Gasteiger partial charge on any atom is 0.195 e. The SMILES string of the molecule is C=CCNc1ccc2sc3cc(C#N)ccc3c(=O)c2c1. The van der Waals surface area contributed by atoms with Gasteiger partial charge in [0, 0.05) is 32.4 Å². The van der Waals surface area contributed by atoms with E-state index in [4.69, 9.17) is 5.26 Å². The van der Waals surface area contributed by atoms with E-state index >= 15 is 0 Å². The summed E-state index contributed by atoms with van der Waals surface area (Å²) < 4.78 is 1.77. The molecule has 0 bridgehead atoms. The van der Waals surface area contributed by atoms with Crippen molar-refractivity contribution in [2.75, 3.05) is 11.9 Å². The Hall–Kier alpha value is -2.64. The molecule has 0 saturated carbocycles. The quantitative estimate of drug-likeness (QED) is 0.588. The van der Waals surface area contributed by atoms with Gasteiger partial charge >= 0.3 is 0 Å². The number of nitrogens with one attached hydrogen (secondary N) is 1. The van der Waals surface area contributed by atoms with E-state index < -0.39 is 0 Å². The lowest BCUT2D eigenvalue weighted by atomic mass is 10.1. The number of nitrogens with zero attached hydrogens (tertiary/aromatic N) is 1. The predicted molar refractivity (Wildman–Crippen MR) is 89.0 cm³/mol. The molecule has 0 atom stereocenters. The average molecular weight is 292 g/mol. The molecule has 0 aliphatic rings. The number of anilines is 1. The second kappa shape index (κ2) is 5.39. The van der Waals surface area contributed by atoms with Crippen molar-refractivity contribution in [2.24, 2.45) is 0 Å². The Labute approximate surface area is 125 Å². The summed E-state index contributed by atoms with van der Waals surface area (Å²) in [6.07, 6.45) is 1.77. The van der Waals surface area contributed by atoms with Crippen molar-refractivity contribution in [1.29, 1.82) is 5.26 Å². The van der Waals surface area contributed by atoms with Crippen LogP contribution in [-0.2, 0) is 0 Å². The summed E-state index contributed by atoms with van der Waals surface area (Å²) in [5.41, 5.74) is 1.48. The summed E-state index contributed by atoms with van der Waals surface area (Å²) in [4.78, 5) is 12.6. The molecule has 3 aromatic rings. The fraction of sp³-hybridized carbons (Fsp3) is 0.0588. The van der Waals surface area contributed by atoms with Crippen molar-refractivity contribution in [1.82, 2.24) is 0 Å². The van der Waals surface area contributed by atoms with E-state index in [1.54, 1.807) is 24.3 Å². The van der Waals surface area contributed by atoms with Gasteiger partial charge in [-0.05, 0) is 36.4 Å². The van der Waals surface area contributed by atoms with Crippen LogP contribution in [0.3, 0.4) is 0 Å². The molecule has 1 aromatic heterocycles. The molecule has 0 radical (unpaired) electrons. The van der Waals surface area contributed by atoms with Crippen LogP contribution in [0.25, 0.3) is 20.2 Å². The van der Waals surface area contributed by atoms with Gasteiger partial charge in [0.25, 0.3) is 0 Å². The number of hydrogen-bond donors (Lipinski definition) is 1. The Balaban J connectivity index is 2.26. The zero-order valence-corrected chi connectivity index (χ0v) is 12.0. The van der Waals surface area contributed by atoms with Crippen LogP contribution >= 0.6 is 11.3 Å². The molecule has 0 unspecified atom stereocenters. The van der Waals surface area contributed by atoms with Crippen molar-refractivity contribution in [3.8, 4) is 6.07 Å². The van der Waals surface area contributed by atoms with Crippen LogP contribution in [0, 0.1) is 11.3 Å². The lowest BCUT2D eigenvalue weighted by molar-refractivity contribution is 1.35. The van der Waals surface area contributed by atoms with Gasteiger partial charge in [-0.25, -0.2) is 0 Å². The molecule has 1 N–H and O–H groups in total. The van der Waals surface area contributed by atoms with Gasteiger partial charge in [0.1, 0.15) is 0 Å². The number of hydrogen-bond acceptors (Lipinski definition) is 4. The third-order valence-corrected chi connectivity index (χ3v) is 4.38. The Morgan fingerprint density at radius 2 is 2.05 bits per heavy atom. The van der Waals surface area contributed by atoms with Gasteiger partial charge in [0.2, 0.25) is 0 Å². The molecule has 0 fully saturated rings. The highest BCUT2D eigenvalue weighted by atomic mass is 32.1. The fourth-order valence-electron chi connectivity index (χ4n) is 2.22. The molecule has 3 rings (SSSR count). The van der Waals surface area contributed by atoms with E-state index in [-0.39, 0.29) is 5.43 Å². The maximum absolute atomic E-state index is 12.6. The van der Waals surface area contributed by atoms with Crippen molar-refractivity contribution in [3.05, 3.63) is 64.8 Å². The molecule has 21 heavy (non-hydrogen) atoms. The van der Waals surface area contributed by atoms with Gasteiger partial charge in [-0.3, -0.25) is 4.79 Å². The summed E-state index contributed by atoms with van der Waals surface area (Å²) >= 11 is 1.53. The first-order valence-electron chi connectivity index (χ1n) is 6.48. The summed E-state index contributed by atoms with van der Waals surface area (Å²) in [5.74, 6) is 0. The van der Waals surface area contributed by atoms with Crippen LogP contribution in [0.5, 0.6) is 0 Å². The molecule has 2 aromatic carbocycles. The largest absolute Gasteiger partial charge is 0.382 e. The average Bonchev–Trinajstić information content (AvgIpc) is 2.53. The summed E-state index contributed by atoms with van der Waals surface area (Å²) in [6.45, 7) is 4.32. The topological polar surface area (TPSA) is 52.9 Å². The third-order valence-electron chi connectivity index (χ3n) is 3.25. The molecule has 0 amide bonds. The van der Waals surface area contributed by atoms with Gasteiger partial charge < -0.3 is 5.32 Å². The highest BCUT2D eigenvalue weighted by molar-refractivity contribution is 7.24. The number of nitriles is 1. The van der Waals surface area contributed by atoms with Crippen LogP contribution in [-0.4, -0.2) is 6.54 Å². The molecule has 1 heterocycles. The minimum absolute atomic E-state index is 0.00509. The number of rotatable bonds is 3. The van der Waals surface area contributed by atoms with E-state index in [2.05, 4.69) is 18.0 Å².